The molecule has 2 rings (SSSR count). The minimum atomic E-state index is -1.17. The molecule has 1 atom stereocenters. The van der Waals surface area contributed by atoms with Gasteiger partial charge in [0.1, 0.15) is 30.1 Å². The minimum absolute atomic E-state index is 0.231. The number of aliphatic hydroxyl groups is 1. The van der Waals surface area contributed by atoms with Crippen LogP contribution in [0.3, 0.4) is 0 Å². The summed E-state index contributed by atoms with van der Waals surface area (Å²) in [7, 11) is 0. The van der Waals surface area contributed by atoms with Crippen LogP contribution in [0, 0.1) is 11.6 Å². The van der Waals surface area contributed by atoms with Crippen LogP contribution in [-0.4, -0.2) is 11.7 Å². The van der Waals surface area contributed by atoms with Crippen molar-refractivity contribution in [3.8, 4) is 5.75 Å². The van der Waals surface area contributed by atoms with E-state index in [2.05, 4.69) is 6.58 Å². The molecule has 0 aliphatic carbocycles. The predicted octanol–water partition coefficient (Wildman–Crippen LogP) is 3.61. The molecule has 104 valence electrons. The maximum atomic E-state index is 13.4. The zero-order valence-electron chi connectivity index (χ0n) is 10.7. The van der Waals surface area contributed by atoms with Gasteiger partial charge in [-0.3, -0.25) is 0 Å². The summed E-state index contributed by atoms with van der Waals surface area (Å²) in [5, 5.41) is 10.3. The molecule has 2 aromatic carbocycles. The molecule has 0 aliphatic rings. The number of halogens is 2. The highest BCUT2D eigenvalue weighted by atomic mass is 19.1. The molecule has 0 radical (unpaired) electrons. The predicted molar refractivity (Wildman–Crippen MR) is 72.6 cm³/mol. The van der Waals surface area contributed by atoms with Crippen molar-refractivity contribution in [2.45, 2.75) is 6.10 Å². The molecule has 0 saturated carbocycles. The Morgan fingerprint density at radius 1 is 1.15 bits per heavy atom. The number of hydrogen-bond donors (Lipinski definition) is 1. The van der Waals surface area contributed by atoms with Crippen LogP contribution < -0.4 is 4.74 Å². The Hall–Kier alpha value is -2.20. The Bertz CT molecular complexity index is 611. The first-order valence-corrected chi connectivity index (χ1v) is 6.08. The molecule has 0 saturated heterocycles. The highest BCUT2D eigenvalue weighted by Crippen LogP contribution is 2.31. The fraction of sp³-hybridized carbons (Fsp3) is 0.125. The monoisotopic (exact) mass is 276 g/mol. The van der Waals surface area contributed by atoms with Gasteiger partial charge < -0.3 is 9.84 Å². The molecule has 0 bridgehead atoms. The highest BCUT2D eigenvalue weighted by molar-refractivity contribution is 5.40. The van der Waals surface area contributed by atoms with E-state index in [4.69, 9.17) is 4.74 Å². The lowest BCUT2D eigenvalue weighted by Gasteiger charge is -2.16. The molecular formula is C16H14F2O2. The van der Waals surface area contributed by atoms with Crippen molar-refractivity contribution >= 4 is 0 Å². The van der Waals surface area contributed by atoms with Gasteiger partial charge in [-0.1, -0.05) is 24.8 Å². The van der Waals surface area contributed by atoms with Crippen LogP contribution in [-0.2, 0) is 0 Å². The van der Waals surface area contributed by atoms with E-state index in [-0.39, 0.29) is 12.2 Å². The third-order valence-electron chi connectivity index (χ3n) is 2.79. The van der Waals surface area contributed by atoms with E-state index in [9.17, 15) is 13.9 Å². The number of aliphatic hydroxyl groups excluding tert-OH is 1. The smallest absolute Gasteiger partial charge is 0.126 e. The number of ether oxygens (including phenoxy) is 1. The Kier molecular flexibility index (Phi) is 4.48. The van der Waals surface area contributed by atoms with E-state index in [1.54, 1.807) is 12.1 Å². The molecule has 0 fully saturated rings. The van der Waals surface area contributed by atoms with Crippen molar-refractivity contribution in [3.05, 3.63) is 77.9 Å². The van der Waals surface area contributed by atoms with Gasteiger partial charge in [0, 0.05) is 5.56 Å². The lowest BCUT2D eigenvalue weighted by atomic mass is 10.0. The van der Waals surface area contributed by atoms with Gasteiger partial charge in [-0.15, -0.1) is 0 Å². The number of hydrogen-bond acceptors (Lipinski definition) is 2. The first-order chi connectivity index (χ1) is 9.61. The number of benzene rings is 2. The third kappa shape index (κ3) is 3.22. The van der Waals surface area contributed by atoms with Crippen LogP contribution >= 0.6 is 0 Å². The summed E-state index contributed by atoms with van der Waals surface area (Å²) in [6.07, 6.45) is 0.378. The van der Waals surface area contributed by atoms with Gasteiger partial charge in [-0.2, -0.15) is 0 Å². The quantitative estimate of drug-likeness (QED) is 0.845. The normalized spacial score (nSPS) is 11.9. The summed E-state index contributed by atoms with van der Waals surface area (Å²) in [6, 6.07) is 9.36. The second-order valence-corrected chi connectivity index (χ2v) is 4.24. The van der Waals surface area contributed by atoms with E-state index in [1.165, 1.54) is 36.4 Å². The van der Waals surface area contributed by atoms with E-state index >= 15 is 0 Å². The molecule has 0 spiro atoms. The van der Waals surface area contributed by atoms with E-state index in [0.29, 0.717) is 11.3 Å². The minimum Gasteiger partial charge on any atom is -0.489 e. The summed E-state index contributed by atoms with van der Waals surface area (Å²) in [5.41, 5.74) is 0.580. The SMILES string of the molecule is C=CCOc1ccc(F)cc1C(O)c1cccc(F)c1. The summed E-state index contributed by atoms with van der Waals surface area (Å²) < 4.78 is 31.9. The summed E-state index contributed by atoms with van der Waals surface area (Å²) in [6.45, 7) is 3.76. The largest absolute Gasteiger partial charge is 0.489 e. The lowest BCUT2D eigenvalue weighted by Crippen LogP contribution is -2.05. The van der Waals surface area contributed by atoms with Crippen molar-refractivity contribution in [2.24, 2.45) is 0 Å². The van der Waals surface area contributed by atoms with E-state index in [0.717, 1.165) is 0 Å². The van der Waals surface area contributed by atoms with Gasteiger partial charge in [0.15, 0.2) is 0 Å². The van der Waals surface area contributed by atoms with Crippen molar-refractivity contribution in [1.82, 2.24) is 0 Å². The van der Waals surface area contributed by atoms with Gasteiger partial charge >= 0.3 is 0 Å². The Morgan fingerprint density at radius 2 is 1.90 bits per heavy atom. The molecule has 0 aliphatic heterocycles. The van der Waals surface area contributed by atoms with Crippen molar-refractivity contribution in [2.75, 3.05) is 6.61 Å². The zero-order valence-corrected chi connectivity index (χ0v) is 10.7. The number of rotatable bonds is 5. The maximum Gasteiger partial charge on any atom is 0.126 e. The second-order valence-electron chi connectivity index (χ2n) is 4.24. The Morgan fingerprint density at radius 3 is 2.60 bits per heavy atom. The van der Waals surface area contributed by atoms with Crippen molar-refractivity contribution < 1.29 is 18.6 Å². The Balaban J connectivity index is 2.39. The van der Waals surface area contributed by atoms with Crippen LogP contribution in [0.25, 0.3) is 0 Å². The van der Waals surface area contributed by atoms with Crippen LogP contribution in [0.5, 0.6) is 5.75 Å². The molecule has 1 N–H and O–H groups in total. The maximum absolute atomic E-state index is 13.4. The lowest BCUT2D eigenvalue weighted by molar-refractivity contribution is 0.212. The summed E-state index contributed by atoms with van der Waals surface area (Å²) in [4.78, 5) is 0. The van der Waals surface area contributed by atoms with Crippen LogP contribution in [0.2, 0.25) is 0 Å². The van der Waals surface area contributed by atoms with E-state index in [1.807, 2.05) is 0 Å². The molecule has 0 heterocycles. The molecule has 0 amide bonds. The highest BCUT2D eigenvalue weighted by Gasteiger charge is 2.17. The van der Waals surface area contributed by atoms with Crippen LogP contribution in [0.1, 0.15) is 17.2 Å². The molecule has 1 unspecified atom stereocenters. The van der Waals surface area contributed by atoms with Gasteiger partial charge in [0.25, 0.3) is 0 Å². The first kappa shape index (κ1) is 14.2. The average molecular weight is 276 g/mol. The molecule has 20 heavy (non-hydrogen) atoms. The standard InChI is InChI=1S/C16H14F2O2/c1-2-8-20-15-7-6-13(18)10-14(15)16(19)11-4-3-5-12(17)9-11/h2-7,9-10,16,19H,1,8H2. The van der Waals surface area contributed by atoms with Gasteiger partial charge in [0.2, 0.25) is 0 Å². The van der Waals surface area contributed by atoms with Crippen LogP contribution in [0.15, 0.2) is 55.1 Å². The molecule has 4 heteroatoms. The zero-order chi connectivity index (χ0) is 14.5. The van der Waals surface area contributed by atoms with Gasteiger partial charge in [-0.25, -0.2) is 8.78 Å². The first-order valence-electron chi connectivity index (χ1n) is 6.08. The Labute approximate surface area is 115 Å². The fourth-order valence-corrected chi connectivity index (χ4v) is 1.87. The molecular weight excluding hydrogens is 262 g/mol. The molecule has 0 aromatic heterocycles. The van der Waals surface area contributed by atoms with Crippen molar-refractivity contribution in [3.63, 3.8) is 0 Å². The molecule has 2 nitrogen and oxygen atoms in total. The molecule has 2 aromatic rings. The topological polar surface area (TPSA) is 29.5 Å². The van der Waals surface area contributed by atoms with E-state index < -0.39 is 17.7 Å². The fourth-order valence-electron chi connectivity index (χ4n) is 1.87. The van der Waals surface area contributed by atoms with Crippen LogP contribution in [0.4, 0.5) is 8.78 Å². The summed E-state index contributed by atoms with van der Waals surface area (Å²) >= 11 is 0. The second kappa shape index (κ2) is 6.30. The average Bonchev–Trinajstić information content (AvgIpc) is 2.45. The van der Waals surface area contributed by atoms with Gasteiger partial charge in [-0.05, 0) is 35.9 Å². The summed E-state index contributed by atoms with van der Waals surface area (Å²) in [5.74, 6) is -0.629. The third-order valence-corrected chi connectivity index (χ3v) is 2.79. The van der Waals surface area contributed by atoms with Crippen molar-refractivity contribution in [1.29, 1.82) is 0 Å². The van der Waals surface area contributed by atoms with Gasteiger partial charge in [0.05, 0.1) is 0 Å².